The molecule has 0 aliphatic heterocycles. The van der Waals surface area contributed by atoms with Crippen molar-refractivity contribution >= 4 is 11.6 Å². The summed E-state index contributed by atoms with van der Waals surface area (Å²) in [5.41, 5.74) is 0.795. The predicted octanol–water partition coefficient (Wildman–Crippen LogP) is 3.91. The molecule has 2 aromatic carbocycles. The van der Waals surface area contributed by atoms with Crippen LogP contribution in [-0.4, -0.2) is 20.9 Å². The molecule has 1 amide bonds. The van der Waals surface area contributed by atoms with Crippen molar-refractivity contribution in [1.82, 2.24) is 15.0 Å². The largest absolute Gasteiger partial charge is 0.416 e. The van der Waals surface area contributed by atoms with E-state index in [1.165, 1.54) is 12.1 Å². The van der Waals surface area contributed by atoms with E-state index in [4.69, 9.17) is 0 Å². The molecule has 0 saturated carbocycles. The molecule has 26 heavy (non-hydrogen) atoms. The minimum Gasteiger partial charge on any atom is -0.321 e. The van der Waals surface area contributed by atoms with Crippen molar-refractivity contribution in [2.45, 2.75) is 19.6 Å². The summed E-state index contributed by atoms with van der Waals surface area (Å²) in [5.74, 6) is -0.610. The second kappa shape index (κ2) is 6.99. The predicted molar refractivity (Wildman–Crippen MR) is 89.7 cm³/mol. The highest BCUT2D eigenvalue weighted by atomic mass is 19.4. The fraction of sp³-hybridized carbons (Fsp3) is 0.167. The molecule has 134 valence electrons. The van der Waals surface area contributed by atoms with Gasteiger partial charge in [-0.15, -0.1) is 5.10 Å². The van der Waals surface area contributed by atoms with E-state index >= 15 is 0 Å². The maximum atomic E-state index is 12.8. The van der Waals surface area contributed by atoms with Gasteiger partial charge in [-0.3, -0.25) is 4.79 Å². The average Bonchev–Trinajstić information content (AvgIpc) is 2.96. The number of benzene rings is 2. The van der Waals surface area contributed by atoms with Crippen LogP contribution in [0.15, 0.2) is 54.6 Å². The molecular formula is C18H15F3N4O. The van der Waals surface area contributed by atoms with Gasteiger partial charge in [0.05, 0.1) is 17.8 Å². The van der Waals surface area contributed by atoms with Crippen LogP contribution in [0.5, 0.6) is 0 Å². The van der Waals surface area contributed by atoms with Gasteiger partial charge in [0, 0.05) is 5.69 Å². The maximum Gasteiger partial charge on any atom is 0.416 e. The van der Waals surface area contributed by atoms with Gasteiger partial charge < -0.3 is 5.32 Å². The van der Waals surface area contributed by atoms with E-state index in [1.807, 2.05) is 30.3 Å². The number of carbonyl (C=O) groups is 1. The standard InChI is InChI=1S/C18H15F3N4O/c1-12-16(23-24-25(12)11-13-6-3-2-4-7-13)17(26)22-15-9-5-8-14(10-15)18(19,20)21/h2-10H,11H2,1H3,(H,22,26). The van der Waals surface area contributed by atoms with Crippen molar-refractivity contribution in [2.24, 2.45) is 0 Å². The van der Waals surface area contributed by atoms with Gasteiger partial charge >= 0.3 is 6.18 Å². The van der Waals surface area contributed by atoms with Crippen LogP contribution >= 0.6 is 0 Å². The molecule has 0 bridgehead atoms. The second-order valence-electron chi connectivity index (χ2n) is 5.70. The molecule has 1 aromatic heterocycles. The molecule has 0 atom stereocenters. The quantitative estimate of drug-likeness (QED) is 0.768. The summed E-state index contributed by atoms with van der Waals surface area (Å²) in [4.78, 5) is 12.4. The molecule has 0 aliphatic rings. The lowest BCUT2D eigenvalue weighted by Gasteiger charge is -2.09. The highest BCUT2D eigenvalue weighted by Gasteiger charge is 2.30. The average molecular weight is 360 g/mol. The number of alkyl halides is 3. The van der Waals surface area contributed by atoms with Crippen LogP contribution in [0.2, 0.25) is 0 Å². The molecule has 0 aliphatic carbocycles. The van der Waals surface area contributed by atoms with Crippen molar-refractivity contribution in [3.63, 3.8) is 0 Å². The lowest BCUT2D eigenvalue weighted by molar-refractivity contribution is -0.137. The summed E-state index contributed by atoms with van der Waals surface area (Å²) in [5, 5.41) is 10.2. The molecule has 1 heterocycles. The van der Waals surface area contributed by atoms with E-state index in [-0.39, 0.29) is 11.4 Å². The number of nitrogens with one attached hydrogen (secondary N) is 1. The third-order valence-corrected chi connectivity index (χ3v) is 3.82. The van der Waals surface area contributed by atoms with Crippen LogP contribution in [0.4, 0.5) is 18.9 Å². The maximum absolute atomic E-state index is 12.8. The number of hydrogen-bond acceptors (Lipinski definition) is 3. The highest BCUT2D eigenvalue weighted by molar-refractivity contribution is 6.03. The third-order valence-electron chi connectivity index (χ3n) is 3.82. The molecule has 3 aromatic rings. The number of nitrogens with zero attached hydrogens (tertiary/aromatic N) is 3. The Hall–Kier alpha value is -3.16. The van der Waals surface area contributed by atoms with Crippen molar-refractivity contribution in [1.29, 1.82) is 0 Å². The van der Waals surface area contributed by atoms with E-state index in [1.54, 1.807) is 11.6 Å². The first-order valence-electron chi connectivity index (χ1n) is 7.77. The Labute approximate surface area is 147 Å². The SMILES string of the molecule is Cc1c(C(=O)Nc2cccc(C(F)(F)F)c2)nnn1Cc1ccccc1. The topological polar surface area (TPSA) is 59.8 Å². The molecule has 1 N–H and O–H groups in total. The monoisotopic (exact) mass is 360 g/mol. The Morgan fingerprint density at radius 2 is 1.85 bits per heavy atom. The van der Waals surface area contributed by atoms with Crippen LogP contribution in [0.3, 0.4) is 0 Å². The number of carbonyl (C=O) groups excluding carboxylic acids is 1. The number of aromatic nitrogens is 3. The van der Waals surface area contributed by atoms with Crippen molar-refractivity contribution in [3.8, 4) is 0 Å². The Morgan fingerprint density at radius 3 is 2.54 bits per heavy atom. The fourth-order valence-corrected chi connectivity index (χ4v) is 2.44. The lowest BCUT2D eigenvalue weighted by atomic mass is 10.2. The van der Waals surface area contributed by atoms with E-state index in [0.717, 1.165) is 17.7 Å². The summed E-state index contributed by atoms with van der Waals surface area (Å²) >= 11 is 0. The number of rotatable bonds is 4. The minimum atomic E-state index is -4.48. The van der Waals surface area contributed by atoms with E-state index in [2.05, 4.69) is 15.6 Å². The van der Waals surface area contributed by atoms with Crippen LogP contribution in [0.1, 0.15) is 27.3 Å². The van der Waals surface area contributed by atoms with Gasteiger partial charge in [-0.1, -0.05) is 41.6 Å². The zero-order valence-corrected chi connectivity index (χ0v) is 13.8. The van der Waals surface area contributed by atoms with Gasteiger partial charge in [-0.25, -0.2) is 4.68 Å². The summed E-state index contributed by atoms with van der Waals surface area (Å²) in [6, 6.07) is 14.0. The number of hydrogen-bond donors (Lipinski definition) is 1. The van der Waals surface area contributed by atoms with Crippen LogP contribution in [0, 0.1) is 6.92 Å². The molecule has 0 spiro atoms. The van der Waals surface area contributed by atoms with Gasteiger partial charge in [-0.05, 0) is 30.7 Å². The van der Waals surface area contributed by atoms with Crippen molar-refractivity contribution < 1.29 is 18.0 Å². The summed E-state index contributed by atoms with van der Waals surface area (Å²) in [7, 11) is 0. The molecule has 8 heteroatoms. The Kier molecular flexibility index (Phi) is 4.75. The molecular weight excluding hydrogens is 345 g/mol. The summed E-state index contributed by atoms with van der Waals surface area (Å²) < 4.78 is 39.9. The Balaban J connectivity index is 1.77. The van der Waals surface area contributed by atoms with Crippen LogP contribution < -0.4 is 5.32 Å². The molecule has 0 saturated heterocycles. The van der Waals surface area contributed by atoms with Gasteiger partial charge in [-0.2, -0.15) is 13.2 Å². The number of amides is 1. The van der Waals surface area contributed by atoms with Gasteiger partial charge in [0.15, 0.2) is 5.69 Å². The highest BCUT2D eigenvalue weighted by Crippen LogP contribution is 2.30. The number of anilines is 1. The van der Waals surface area contributed by atoms with Crippen LogP contribution in [-0.2, 0) is 12.7 Å². The number of halogens is 3. The Morgan fingerprint density at radius 1 is 1.12 bits per heavy atom. The normalized spacial score (nSPS) is 11.4. The van der Waals surface area contributed by atoms with E-state index in [0.29, 0.717) is 12.2 Å². The van der Waals surface area contributed by atoms with Crippen LogP contribution in [0.25, 0.3) is 0 Å². The smallest absolute Gasteiger partial charge is 0.321 e. The van der Waals surface area contributed by atoms with Gasteiger partial charge in [0.2, 0.25) is 0 Å². The molecule has 5 nitrogen and oxygen atoms in total. The zero-order chi connectivity index (χ0) is 18.7. The first kappa shape index (κ1) is 17.7. The zero-order valence-electron chi connectivity index (χ0n) is 13.8. The lowest BCUT2D eigenvalue weighted by Crippen LogP contribution is -2.15. The molecule has 0 radical (unpaired) electrons. The molecule has 0 fully saturated rings. The Bertz CT molecular complexity index is 920. The fourth-order valence-electron chi connectivity index (χ4n) is 2.44. The van der Waals surface area contributed by atoms with Crippen molar-refractivity contribution in [2.75, 3.05) is 5.32 Å². The first-order chi connectivity index (χ1) is 12.3. The molecule has 3 rings (SSSR count). The van der Waals surface area contributed by atoms with E-state index in [9.17, 15) is 18.0 Å². The van der Waals surface area contributed by atoms with E-state index < -0.39 is 17.6 Å². The summed E-state index contributed by atoms with van der Waals surface area (Å²) in [6.45, 7) is 2.13. The second-order valence-corrected chi connectivity index (χ2v) is 5.70. The molecule has 0 unspecified atom stereocenters. The summed E-state index contributed by atoms with van der Waals surface area (Å²) in [6.07, 6.45) is -4.48. The van der Waals surface area contributed by atoms with Crippen molar-refractivity contribution in [3.05, 3.63) is 77.1 Å². The first-order valence-corrected chi connectivity index (χ1v) is 7.77. The minimum absolute atomic E-state index is 0.0434. The third kappa shape index (κ3) is 3.90. The van der Waals surface area contributed by atoms with Gasteiger partial charge in [0.1, 0.15) is 0 Å². The van der Waals surface area contributed by atoms with Gasteiger partial charge in [0.25, 0.3) is 5.91 Å².